The van der Waals surface area contributed by atoms with Crippen LogP contribution in [0.5, 0.6) is 11.5 Å². The third-order valence-corrected chi connectivity index (χ3v) is 2.64. The van der Waals surface area contributed by atoms with E-state index in [-0.39, 0.29) is 12.1 Å². The Morgan fingerprint density at radius 1 is 1.25 bits per heavy atom. The molecule has 0 aromatic heterocycles. The molecule has 0 spiro atoms. The Hall–Kier alpha value is -1.26. The molecular weight excluding hydrogens is 254 g/mol. The van der Waals surface area contributed by atoms with Crippen molar-refractivity contribution in [1.29, 1.82) is 0 Å². The second-order valence-corrected chi connectivity index (χ2v) is 5.94. The van der Waals surface area contributed by atoms with Crippen LogP contribution in [0.25, 0.3) is 0 Å². The largest absolute Gasteiger partial charge is 0.490 e. The van der Waals surface area contributed by atoms with E-state index in [9.17, 15) is 5.11 Å². The number of hydrogen-bond acceptors (Lipinski definition) is 4. The number of nitrogens with one attached hydrogen (secondary N) is 1. The molecule has 0 fully saturated rings. The Labute approximate surface area is 122 Å². The Kier molecular flexibility index (Phi) is 6.30. The topological polar surface area (TPSA) is 50.7 Å². The maximum atomic E-state index is 9.40. The average molecular weight is 281 g/mol. The number of rotatable bonds is 7. The lowest BCUT2D eigenvalue weighted by Crippen LogP contribution is -2.35. The molecule has 0 amide bonds. The fourth-order valence-electron chi connectivity index (χ4n) is 1.70. The first-order chi connectivity index (χ1) is 9.33. The van der Waals surface area contributed by atoms with Crippen LogP contribution in [0.15, 0.2) is 18.2 Å². The van der Waals surface area contributed by atoms with Gasteiger partial charge in [0.15, 0.2) is 11.5 Å². The van der Waals surface area contributed by atoms with Crippen molar-refractivity contribution in [3.63, 3.8) is 0 Å². The first-order valence-corrected chi connectivity index (χ1v) is 7.14. The van der Waals surface area contributed by atoms with Gasteiger partial charge in [0.05, 0.1) is 12.7 Å². The summed E-state index contributed by atoms with van der Waals surface area (Å²) in [6.07, 6.45) is -0.506. The van der Waals surface area contributed by atoms with Crippen molar-refractivity contribution in [2.24, 2.45) is 0 Å². The molecule has 1 unspecified atom stereocenters. The molecule has 0 bridgehead atoms. The molecule has 1 aromatic rings. The van der Waals surface area contributed by atoms with Crippen molar-refractivity contribution in [3.05, 3.63) is 23.8 Å². The van der Waals surface area contributed by atoms with Gasteiger partial charge >= 0.3 is 0 Å². The standard InChI is InChI=1S/C16H27NO3/c1-6-19-14-9-7-8-13(10-17-16(3,4)5)15(14)20-11-12(2)18/h7-9,12,17-18H,6,10-11H2,1-5H3. The normalized spacial score (nSPS) is 13.1. The molecule has 0 heterocycles. The van der Waals surface area contributed by atoms with Gasteiger partial charge in [0.2, 0.25) is 0 Å². The van der Waals surface area contributed by atoms with Crippen LogP contribution in [0, 0.1) is 0 Å². The Morgan fingerprint density at radius 3 is 2.50 bits per heavy atom. The van der Waals surface area contributed by atoms with Gasteiger partial charge in [0, 0.05) is 17.6 Å². The Balaban J connectivity index is 2.92. The van der Waals surface area contributed by atoms with E-state index in [1.807, 2.05) is 25.1 Å². The predicted molar refractivity (Wildman–Crippen MR) is 81.4 cm³/mol. The highest BCUT2D eigenvalue weighted by molar-refractivity contribution is 5.46. The molecule has 0 radical (unpaired) electrons. The quantitative estimate of drug-likeness (QED) is 0.807. The van der Waals surface area contributed by atoms with Crippen molar-refractivity contribution in [3.8, 4) is 11.5 Å². The Bertz CT molecular complexity index is 411. The highest BCUT2D eigenvalue weighted by Crippen LogP contribution is 2.31. The second kappa shape index (κ2) is 7.50. The van der Waals surface area contributed by atoms with E-state index in [1.54, 1.807) is 6.92 Å². The molecule has 20 heavy (non-hydrogen) atoms. The summed E-state index contributed by atoms with van der Waals surface area (Å²) < 4.78 is 11.3. The van der Waals surface area contributed by atoms with Crippen LogP contribution in [-0.2, 0) is 6.54 Å². The summed E-state index contributed by atoms with van der Waals surface area (Å²) in [5.41, 5.74) is 1.06. The van der Waals surface area contributed by atoms with Gasteiger partial charge in [-0.2, -0.15) is 0 Å². The van der Waals surface area contributed by atoms with E-state index >= 15 is 0 Å². The molecule has 1 aromatic carbocycles. The van der Waals surface area contributed by atoms with Crippen molar-refractivity contribution >= 4 is 0 Å². The van der Waals surface area contributed by atoms with Crippen LogP contribution in [0.3, 0.4) is 0 Å². The molecule has 0 saturated heterocycles. The van der Waals surface area contributed by atoms with E-state index in [4.69, 9.17) is 9.47 Å². The van der Waals surface area contributed by atoms with Gasteiger partial charge in [-0.3, -0.25) is 0 Å². The fourth-order valence-corrected chi connectivity index (χ4v) is 1.70. The number of hydrogen-bond donors (Lipinski definition) is 2. The number of para-hydroxylation sites is 1. The summed E-state index contributed by atoms with van der Waals surface area (Å²) in [4.78, 5) is 0. The zero-order valence-electron chi connectivity index (χ0n) is 13.2. The van der Waals surface area contributed by atoms with Crippen LogP contribution < -0.4 is 14.8 Å². The van der Waals surface area contributed by atoms with Crippen LogP contribution in [0.2, 0.25) is 0 Å². The lowest BCUT2D eigenvalue weighted by Gasteiger charge is -2.23. The summed E-state index contributed by atoms with van der Waals surface area (Å²) >= 11 is 0. The van der Waals surface area contributed by atoms with Crippen LogP contribution in [0.1, 0.15) is 40.2 Å². The third kappa shape index (κ3) is 5.80. The molecule has 4 heteroatoms. The highest BCUT2D eigenvalue weighted by Gasteiger charge is 2.15. The fraction of sp³-hybridized carbons (Fsp3) is 0.625. The highest BCUT2D eigenvalue weighted by atomic mass is 16.5. The monoisotopic (exact) mass is 281 g/mol. The van der Waals surface area contributed by atoms with E-state index in [1.165, 1.54) is 0 Å². The van der Waals surface area contributed by atoms with Gasteiger partial charge in [-0.15, -0.1) is 0 Å². The summed E-state index contributed by atoms with van der Waals surface area (Å²) in [6.45, 7) is 11.5. The summed E-state index contributed by atoms with van der Waals surface area (Å²) in [5, 5.41) is 12.8. The molecule has 0 aliphatic heterocycles. The summed E-state index contributed by atoms with van der Waals surface area (Å²) in [5.74, 6) is 1.44. The lowest BCUT2D eigenvalue weighted by molar-refractivity contribution is 0.119. The van der Waals surface area contributed by atoms with Crippen molar-refractivity contribution in [2.75, 3.05) is 13.2 Å². The minimum Gasteiger partial charge on any atom is -0.490 e. The van der Waals surface area contributed by atoms with Crippen LogP contribution >= 0.6 is 0 Å². The first-order valence-electron chi connectivity index (χ1n) is 7.14. The van der Waals surface area contributed by atoms with Gasteiger partial charge < -0.3 is 19.9 Å². The maximum absolute atomic E-state index is 9.40. The predicted octanol–water partition coefficient (Wildman–Crippen LogP) is 2.73. The van der Waals surface area contributed by atoms with Crippen LogP contribution in [0.4, 0.5) is 0 Å². The van der Waals surface area contributed by atoms with Crippen molar-refractivity contribution in [2.45, 2.75) is 52.8 Å². The first kappa shape index (κ1) is 16.8. The lowest BCUT2D eigenvalue weighted by atomic mass is 10.1. The number of aliphatic hydroxyl groups is 1. The number of benzene rings is 1. The van der Waals surface area contributed by atoms with E-state index in [2.05, 4.69) is 26.1 Å². The van der Waals surface area contributed by atoms with Gasteiger partial charge in [-0.25, -0.2) is 0 Å². The molecule has 2 N–H and O–H groups in total. The van der Waals surface area contributed by atoms with Crippen molar-refractivity contribution in [1.82, 2.24) is 5.32 Å². The molecule has 1 atom stereocenters. The molecule has 0 saturated carbocycles. The molecule has 4 nitrogen and oxygen atoms in total. The van der Waals surface area contributed by atoms with E-state index < -0.39 is 6.10 Å². The molecule has 0 aliphatic carbocycles. The van der Waals surface area contributed by atoms with E-state index in [0.29, 0.717) is 18.9 Å². The zero-order chi connectivity index (χ0) is 15.2. The van der Waals surface area contributed by atoms with Crippen molar-refractivity contribution < 1.29 is 14.6 Å². The summed E-state index contributed by atoms with van der Waals surface area (Å²) in [7, 11) is 0. The van der Waals surface area contributed by atoms with Crippen LogP contribution in [-0.4, -0.2) is 30.0 Å². The SMILES string of the molecule is CCOc1cccc(CNC(C)(C)C)c1OCC(C)O. The minimum atomic E-state index is -0.506. The second-order valence-electron chi connectivity index (χ2n) is 5.94. The van der Waals surface area contributed by atoms with E-state index in [0.717, 1.165) is 11.3 Å². The molecular formula is C16H27NO3. The van der Waals surface area contributed by atoms with Gasteiger partial charge in [0.1, 0.15) is 6.61 Å². The zero-order valence-corrected chi connectivity index (χ0v) is 13.2. The average Bonchev–Trinajstić information content (AvgIpc) is 2.34. The minimum absolute atomic E-state index is 0.0309. The molecule has 114 valence electrons. The maximum Gasteiger partial charge on any atom is 0.165 e. The van der Waals surface area contributed by atoms with Gasteiger partial charge in [-0.05, 0) is 40.7 Å². The smallest absolute Gasteiger partial charge is 0.165 e. The van der Waals surface area contributed by atoms with Gasteiger partial charge in [-0.1, -0.05) is 12.1 Å². The summed E-state index contributed by atoms with van der Waals surface area (Å²) in [6, 6.07) is 5.86. The molecule has 0 aliphatic rings. The molecule has 1 rings (SSSR count). The third-order valence-electron chi connectivity index (χ3n) is 2.64. The van der Waals surface area contributed by atoms with Gasteiger partial charge in [0.25, 0.3) is 0 Å². The Morgan fingerprint density at radius 2 is 1.95 bits per heavy atom. The number of ether oxygens (including phenoxy) is 2. The number of aliphatic hydroxyl groups excluding tert-OH is 1.